The van der Waals surface area contributed by atoms with Gasteiger partial charge in [0.2, 0.25) is 0 Å². The number of anilines is 1. The first-order chi connectivity index (χ1) is 8.77. The predicted molar refractivity (Wildman–Crippen MR) is 72.2 cm³/mol. The molecule has 0 atom stereocenters. The fourth-order valence-corrected chi connectivity index (χ4v) is 1.63. The molecule has 0 aliphatic rings. The molecule has 2 rings (SSSR count). The molecule has 0 amide bonds. The number of benzene rings is 1. The van der Waals surface area contributed by atoms with Gasteiger partial charge < -0.3 is 10.8 Å². The first-order valence-electron chi connectivity index (χ1n) is 5.91. The third-order valence-corrected chi connectivity index (χ3v) is 2.72. The van der Waals surface area contributed by atoms with Gasteiger partial charge in [-0.1, -0.05) is 20.8 Å². The quantitative estimate of drug-likeness (QED) is 0.828. The number of aromatic hydroxyl groups is 1. The second kappa shape index (κ2) is 4.50. The first-order valence-corrected chi connectivity index (χ1v) is 5.91. The van der Waals surface area contributed by atoms with E-state index in [1.165, 1.54) is 12.1 Å². The van der Waals surface area contributed by atoms with E-state index >= 15 is 0 Å². The van der Waals surface area contributed by atoms with E-state index in [2.05, 4.69) is 9.97 Å². The molecule has 3 N–H and O–H groups in total. The van der Waals surface area contributed by atoms with E-state index in [4.69, 9.17) is 5.73 Å². The Kier molecular flexibility index (Phi) is 3.14. The van der Waals surface area contributed by atoms with Gasteiger partial charge in [-0.25, -0.2) is 14.4 Å². The number of hydrogen-bond donors (Lipinski definition) is 2. The van der Waals surface area contributed by atoms with Crippen LogP contribution in [0.25, 0.3) is 11.4 Å². The molecule has 5 heteroatoms. The molecular formula is C14H16FN3O. The van der Waals surface area contributed by atoms with Crippen molar-refractivity contribution in [1.82, 2.24) is 9.97 Å². The molecule has 4 nitrogen and oxygen atoms in total. The van der Waals surface area contributed by atoms with E-state index in [9.17, 15) is 9.50 Å². The van der Waals surface area contributed by atoms with Crippen molar-refractivity contribution in [2.45, 2.75) is 26.2 Å². The Labute approximate surface area is 111 Å². The maximum atomic E-state index is 13.4. The van der Waals surface area contributed by atoms with Crippen LogP contribution < -0.4 is 5.73 Å². The molecule has 0 radical (unpaired) electrons. The highest BCUT2D eigenvalue weighted by Gasteiger charge is 2.18. The third kappa shape index (κ3) is 2.81. The molecule has 0 unspecified atom stereocenters. The molecule has 0 saturated heterocycles. The lowest BCUT2D eigenvalue weighted by Gasteiger charge is -2.18. The van der Waals surface area contributed by atoms with Crippen LogP contribution in [0.4, 0.5) is 10.2 Å². The van der Waals surface area contributed by atoms with Gasteiger partial charge in [-0.3, -0.25) is 0 Å². The summed E-state index contributed by atoms with van der Waals surface area (Å²) in [7, 11) is 0. The predicted octanol–water partition coefficient (Wildman–Crippen LogP) is 2.87. The minimum Gasteiger partial charge on any atom is -0.505 e. The summed E-state index contributed by atoms with van der Waals surface area (Å²) in [6, 6.07) is 5.73. The van der Waals surface area contributed by atoms with Gasteiger partial charge >= 0.3 is 0 Å². The van der Waals surface area contributed by atoms with Gasteiger partial charge in [0.1, 0.15) is 5.82 Å². The average Bonchev–Trinajstić information content (AvgIpc) is 2.31. The standard InChI is InChI=1S/C14H16FN3O/c1-14(2,3)11-7-12(16)18-13(17-11)8-4-5-10(19)9(15)6-8/h4-7,19H,1-3H3,(H2,16,17,18). The lowest BCUT2D eigenvalue weighted by atomic mass is 9.92. The van der Waals surface area contributed by atoms with Gasteiger partial charge in [0.25, 0.3) is 0 Å². The minimum absolute atomic E-state index is 0.179. The summed E-state index contributed by atoms with van der Waals surface area (Å²) in [6.07, 6.45) is 0. The molecule has 0 saturated carbocycles. The van der Waals surface area contributed by atoms with Crippen LogP contribution in [-0.4, -0.2) is 15.1 Å². The van der Waals surface area contributed by atoms with Gasteiger partial charge in [-0.2, -0.15) is 0 Å². The fraction of sp³-hybridized carbons (Fsp3) is 0.286. The van der Waals surface area contributed by atoms with E-state index < -0.39 is 11.6 Å². The highest BCUT2D eigenvalue weighted by molar-refractivity contribution is 5.58. The lowest BCUT2D eigenvalue weighted by Crippen LogP contribution is -2.15. The van der Waals surface area contributed by atoms with Crippen LogP contribution in [0.3, 0.4) is 0 Å². The van der Waals surface area contributed by atoms with E-state index in [1.807, 2.05) is 20.8 Å². The van der Waals surface area contributed by atoms with E-state index in [-0.39, 0.29) is 5.41 Å². The van der Waals surface area contributed by atoms with E-state index in [0.717, 1.165) is 5.69 Å². The largest absolute Gasteiger partial charge is 0.505 e. The van der Waals surface area contributed by atoms with Crippen LogP contribution in [0.1, 0.15) is 26.5 Å². The van der Waals surface area contributed by atoms with Crippen LogP contribution in [0.2, 0.25) is 0 Å². The molecule has 1 aromatic heterocycles. The van der Waals surface area contributed by atoms with Crippen LogP contribution in [0.15, 0.2) is 24.3 Å². The van der Waals surface area contributed by atoms with Crippen molar-refractivity contribution in [3.8, 4) is 17.1 Å². The number of halogens is 1. The number of phenols is 1. The summed E-state index contributed by atoms with van der Waals surface area (Å²) < 4.78 is 13.4. The van der Waals surface area contributed by atoms with Crippen molar-refractivity contribution < 1.29 is 9.50 Å². The summed E-state index contributed by atoms with van der Waals surface area (Å²) in [5.74, 6) is -0.420. The topological polar surface area (TPSA) is 72.0 Å². The summed E-state index contributed by atoms with van der Waals surface area (Å²) in [5, 5.41) is 9.19. The Hall–Kier alpha value is -2.17. The Morgan fingerprint density at radius 2 is 1.84 bits per heavy atom. The van der Waals surface area contributed by atoms with Crippen molar-refractivity contribution in [3.63, 3.8) is 0 Å². The second-order valence-corrected chi connectivity index (χ2v) is 5.42. The maximum Gasteiger partial charge on any atom is 0.165 e. The van der Waals surface area contributed by atoms with Crippen LogP contribution in [0.5, 0.6) is 5.75 Å². The van der Waals surface area contributed by atoms with Crippen LogP contribution >= 0.6 is 0 Å². The Morgan fingerprint density at radius 3 is 2.42 bits per heavy atom. The maximum absolute atomic E-state index is 13.4. The fourth-order valence-electron chi connectivity index (χ4n) is 1.63. The molecule has 0 bridgehead atoms. The zero-order chi connectivity index (χ0) is 14.2. The number of aromatic nitrogens is 2. The molecule has 19 heavy (non-hydrogen) atoms. The molecule has 0 spiro atoms. The highest BCUT2D eigenvalue weighted by Crippen LogP contribution is 2.26. The molecule has 1 heterocycles. The Balaban J connectivity index is 2.56. The number of rotatable bonds is 1. The van der Waals surface area contributed by atoms with E-state index in [0.29, 0.717) is 17.2 Å². The highest BCUT2D eigenvalue weighted by atomic mass is 19.1. The normalized spacial score (nSPS) is 11.6. The molecule has 1 aromatic carbocycles. The molecule has 2 aromatic rings. The second-order valence-electron chi connectivity index (χ2n) is 5.42. The summed E-state index contributed by atoms with van der Waals surface area (Å²) in [6.45, 7) is 6.03. The number of phenolic OH excluding ortho intramolecular Hbond substituents is 1. The van der Waals surface area contributed by atoms with Crippen molar-refractivity contribution in [2.75, 3.05) is 5.73 Å². The average molecular weight is 261 g/mol. The zero-order valence-electron chi connectivity index (χ0n) is 11.1. The van der Waals surface area contributed by atoms with Gasteiger partial charge in [0.15, 0.2) is 17.4 Å². The monoisotopic (exact) mass is 261 g/mol. The molecular weight excluding hydrogens is 245 g/mol. The zero-order valence-corrected chi connectivity index (χ0v) is 11.1. The number of nitrogens with zero attached hydrogens (tertiary/aromatic N) is 2. The van der Waals surface area contributed by atoms with Crippen molar-refractivity contribution >= 4 is 5.82 Å². The Morgan fingerprint density at radius 1 is 1.16 bits per heavy atom. The Bertz CT molecular complexity index is 621. The summed E-state index contributed by atoms with van der Waals surface area (Å²) in [4.78, 5) is 8.51. The third-order valence-electron chi connectivity index (χ3n) is 2.72. The molecule has 0 fully saturated rings. The van der Waals surface area contributed by atoms with Crippen LogP contribution in [-0.2, 0) is 5.41 Å². The number of hydrogen-bond acceptors (Lipinski definition) is 4. The van der Waals surface area contributed by atoms with Gasteiger partial charge in [0.05, 0.1) is 5.69 Å². The number of nitrogens with two attached hydrogens (primary N) is 1. The van der Waals surface area contributed by atoms with Gasteiger partial charge in [-0.05, 0) is 18.2 Å². The lowest BCUT2D eigenvalue weighted by molar-refractivity contribution is 0.432. The van der Waals surface area contributed by atoms with Crippen molar-refractivity contribution in [2.24, 2.45) is 0 Å². The van der Waals surface area contributed by atoms with Crippen LogP contribution in [0, 0.1) is 5.82 Å². The molecule has 0 aliphatic heterocycles. The molecule has 100 valence electrons. The summed E-state index contributed by atoms with van der Waals surface area (Å²) >= 11 is 0. The molecule has 0 aliphatic carbocycles. The van der Waals surface area contributed by atoms with E-state index in [1.54, 1.807) is 12.1 Å². The van der Waals surface area contributed by atoms with Gasteiger partial charge in [0, 0.05) is 17.0 Å². The first kappa shape index (κ1) is 13.3. The minimum atomic E-state index is -0.708. The van der Waals surface area contributed by atoms with Crippen molar-refractivity contribution in [3.05, 3.63) is 35.8 Å². The SMILES string of the molecule is CC(C)(C)c1cc(N)nc(-c2ccc(O)c(F)c2)n1. The van der Waals surface area contributed by atoms with Gasteiger partial charge in [-0.15, -0.1) is 0 Å². The smallest absolute Gasteiger partial charge is 0.165 e. The van der Waals surface area contributed by atoms with Crippen molar-refractivity contribution in [1.29, 1.82) is 0 Å². The summed E-state index contributed by atoms with van der Waals surface area (Å²) in [5.41, 5.74) is 6.85. The number of nitrogen functional groups attached to an aromatic ring is 1.